The molecule has 0 fully saturated rings. The van der Waals surface area contributed by atoms with Gasteiger partial charge in [0.25, 0.3) is 0 Å². The Balaban J connectivity index is 2.47. The van der Waals surface area contributed by atoms with Crippen LogP contribution in [0.25, 0.3) is 0 Å². The zero-order valence-electron chi connectivity index (χ0n) is 15.0. The van der Waals surface area contributed by atoms with Crippen LogP contribution in [-0.2, 0) is 4.74 Å². The highest BCUT2D eigenvalue weighted by Crippen LogP contribution is 2.15. The Kier molecular flexibility index (Phi) is 7.13. The molecule has 0 aliphatic carbocycles. The van der Waals surface area contributed by atoms with Gasteiger partial charge in [0.15, 0.2) is 0 Å². The summed E-state index contributed by atoms with van der Waals surface area (Å²) in [5.41, 5.74) is 0.443. The first-order valence-electron chi connectivity index (χ1n) is 7.92. The molecule has 130 valence electrons. The Labute approximate surface area is 139 Å². The topological polar surface area (TPSA) is 72.5 Å². The van der Waals surface area contributed by atoms with Gasteiger partial charge in [-0.3, -0.25) is 0 Å². The largest absolute Gasteiger partial charge is 0.481 e. The molecule has 0 aliphatic rings. The van der Waals surface area contributed by atoms with E-state index in [4.69, 9.17) is 9.47 Å². The van der Waals surface area contributed by atoms with Crippen LogP contribution in [0.2, 0.25) is 0 Å². The molecule has 1 aromatic rings. The van der Waals surface area contributed by atoms with E-state index in [0.29, 0.717) is 18.3 Å². The maximum Gasteiger partial charge on any atom is 0.407 e. The van der Waals surface area contributed by atoms with Gasteiger partial charge in [0.1, 0.15) is 5.60 Å². The van der Waals surface area contributed by atoms with Gasteiger partial charge in [-0.1, -0.05) is 13.8 Å². The molecule has 1 atom stereocenters. The third-order valence-corrected chi connectivity index (χ3v) is 3.36. The average Bonchev–Trinajstić information content (AvgIpc) is 2.45. The third-order valence-electron chi connectivity index (χ3n) is 3.36. The highest BCUT2D eigenvalue weighted by atomic mass is 16.6. The number of pyridine rings is 1. The highest BCUT2D eigenvalue weighted by Gasteiger charge is 2.19. The van der Waals surface area contributed by atoms with Crippen molar-refractivity contribution in [1.82, 2.24) is 10.3 Å². The van der Waals surface area contributed by atoms with E-state index in [2.05, 4.69) is 29.5 Å². The van der Waals surface area contributed by atoms with Gasteiger partial charge in [0.05, 0.1) is 19.0 Å². The van der Waals surface area contributed by atoms with Crippen molar-refractivity contribution in [2.45, 2.75) is 40.2 Å². The van der Waals surface area contributed by atoms with Gasteiger partial charge in [0, 0.05) is 19.2 Å². The average molecular weight is 323 g/mol. The van der Waals surface area contributed by atoms with E-state index in [1.807, 2.05) is 32.9 Å². The molecule has 0 bridgehead atoms. The molecular weight excluding hydrogens is 294 g/mol. The maximum atomic E-state index is 11.8. The summed E-state index contributed by atoms with van der Waals surface area (Å²) < 4.78 is 10.3. The number of amides is 1. The Bertz CT molecular complexity index is 481. The number of alkyl carbamates (subject to hydrolysis) is 1. The van der Waals surface area contributed by atoms with Crippen LogP contribution in [0.3, 0.4) is 0 Å². The summed E-state index contributed by atoms with van der Waals surface area (Å²) in [7, 11) is 1.59. The lowest BCUT2D eigenvalue weighted by Gasteiger charge is -2.24. The molecule has 0 spiro atoms. The zero-order valence-corrected chi connectivity index (χ0v) is 15.0. The van der Waals surface area contributed by atoms with Crippen molar-refractivity contribution in [1.29, 1.82) is 0 Å². The van der Waals surface area contributed by atoms with Gasteiger partial charge < -0.3 is 20.1 Å². The fourth-order valence-corrected chi connectivity index (χ4v) is 1.93. The van der Waals surface area contributed by atoms with E-state index in [1.165, 1.54) is 0 Å². The second-order valence-corrected chi connectivity index (χ2v) is 6.86. The lowest BCUT2D eigenvalue weighted by molar-refractivity contribution is 0.0516. The number of hydrogen-bond acceptors (Lipinski definition) is 5. The van der Waals surface area contributed by atoms with E-state index >= 15 is 0 Å². The van der Waals surface area contributed by atoms with Crippen molar-refractivity contribution in [3.63, 3.8) is 0 Å². The van der Waals surface area contributed by atoms with E-state index < -0.39 is 5.60 Å². The minimum Gasteiger partial charge on any atom is -0.481 e. The van der Waals surface area contributed by atoms with Crippen LogP contribution in [0.15, 0.2) is 18.3 Å². The number of anilines is 1. The molecule has 1 amide bonds. The van der Waals surface area contributed by atoms with Gasteiger partial charge in [0.2, 0.25) is 5.88 Å². The zero-order chi connectivity index (χ0) is 17.5. The van der Waals surface area contributed by atoms with Crippen LogP contribution in [-0.4, -0.2) is 36.9 Å². The number of hydrogen-bond donors (Lipinski definition) is 2. The molecule has 0 aromatic carbocycles. The van der Waals surface area contributed by atoms with Crippen molar-refractivity contribution >= 4 is 11.8 Å². The summed E-state index contributed by atoms with van der Waals surface area (Å²) in [6, 6.07) is 3.73. The molecule has 1 aromatic heterocycles. The Morgan fingerprint density at radius 1 is 1.26 bits per heavy atom. The van der Waals surface area contributed by atoms with Crippen LogP contribution < -0.4 is 15.4 Å². The predicted molar refractivity (Wildman–Crippen MR) is 91.8 cm³/mol. The van der Waals surface area contributed by atoms with Crippen molar-refractivity contribution in [2.24, 2.45) is 11.8 Å². The first-order valence-corrected chi connectivity index (χ1v) is 7.92. The van der Waals surface area contributed by atoms with Crippen LogP contribution in [0.1, 0.15) is 34.6 Å². The lowest BCUT2D eigenvalue weighted by atomic mass is 9.95. The van der Waals surface area contributed by atoms with E-state index in [9.17, 15) is 4.79 Å². The van der Waals surface area contributed by atoms with Gasteiger partial charge in [-0.25, -0.2) is 9.78 Å². The molecule has 1 rings (SSSR count). The Morgan fingerprint density at radius 3 is 2.43 bits per heavy atom. The lowest BCUT2D eigenvalue weighted by Crippen LogP contribution is -2.38. The number of nitrogens with zero attached hydrogens (tertiary/aromatic N) is 1. The molecule has 0 saturated heterocycles. The predicted octanol–water partition coefficient (Wildman–Crippen LogP) is 3.30. The maximum absolute atomic E-state index is 11.8. The van der Waals surface area contributed by atoms with Gasteiger partial charge in [-0.15, -0.1) is 0 Å². The Morgan fingerprint density at radius 2 is 1.96 bits per heavy atom. The standard InChI is InChI=1S/C17H29N3O3/c1-12(2)13(10-20-16(21)23-17(3,4)5)9-18-14-7-8-15(22-6)19-11-14/h7-8,11-13,18H,9-10H2,1-6H3,(H,20,21). The quantitative estimate of drug-likeness (QED) is 0.805. The van der Waals surface area contributed by atoms with Crippen molar-refractivity contribution in [3.05, 3.63) is 18.3 Å². The second kappa shape index (κ2) is 8.60. The molecule has 0 saturated carbocycles. The summed E-state index contributed by atoms with van der Waals surface area (Å²) in [4.78, 5) is 15.9. The van der Waals surface area contributed by atoms with Crippen LogP contribution in [0.4, 0.5) is 10.5 Å². The third kappa shape index (κ3) is 7.72. The van der Waals surface area contributed by atoms with Crippen LogP contribution >= 0.6 is 0 Å². The fourth-order valence-electron chi connectivity index (χ4n) is 1.93. The highest BCUT2D eigenvalue weighted by molar-refractivity contribution is 5.67. The summed E-state index contributed by atoms with van der Waals surface area (Å²) in [5, 5.41) is 6.18. The van der Waals surface area contributed by atoms with Crippen LogP contribution in [0, 0.1) is 11.8 Å². The number of carbonyl (C=O) groups excluding carboxylic acids is 1. The minimum atomic E-state index is -0.482. The molecule has 6 heteroatoms. The van der Waals surface area contributed by atoms with Gasteiger partial charge in [-0.2, -0.15) is 0 Å². The molecule has 23 heavy (non-hydrogen) atoms. The van der Waals surface area contributed by atoms with Gasteiger partial charge >= 0.3 is 6.09 Å². The molecule has 6 nitrogen and oxygen atoms in total. The number of ether oxygens (including phenoxy) is 2. The normalized spacial score (nSPS) is 12.7. The monoisotopic (exact) mass is 323 g/mol. The molecule has 0 radical (unpaired) electrons. The smallest absolute Gasteiger partial charge is 0.407 e. The first kappa shape index (κ1) is 19.1. The van der Waals surface area contributed by atoms with E-state index in [-0.39, 0.29) is 12.0 Å². The number of methoxy groups -OCH3 is 1. The number of carbonyl (C=O) groups is 1. The second-order valence-electron chi connectivity index (χ2n) is 6.86. The minimum absolute atomic E-state index is 0.282. The summed E-state index contributed by atoms with van der Waals surface area (Å²) in [5.74, 6) is 1.29. The van der Waals surface area contributed by atoms with E-state index in [0.717, 1.165) is 12.2 Å². The van der Waals surface area contributed by atoms with Gasteiger partial charge in [-0.05, 0) is 38.7 Å². The van der Waals surface area contributed by atoms with E-state index in [1.54, 1.807) is 13.3 Å². The fraction of sp³-hybridized carbons (Fsp3) is 0.647. The number of aromatic nitrogens is 1. The van der Waals surface area contributed by atoms with Crippen molar-refractivity contribution in [2.75, 3.05) is 25.5 Å². The van der Waals surface area contributed by atoms with Crippen LogP contribution in [0.5, 0.6) is 5.88 Å². The van der Waals surface area contributed by atoms with Crippen molar-refractivity contribution < 1.29 is 14.3 Å². The number of nitrogens with one attached hydrogen (secondary N) is 2. The first-order chi connectivity index (χ1) is 10.7. The summed E-state index contributed by atoms with van der Waals surface area (Å²) >= 11 is 0. The molecule has 2 N–H and O–H groups in total. The summed E-state index contributed by atoms with van der Waals surface area (Å²) in [6.07, 6.45) is 1.35. The molecular formula is C17H29N3O3. The molecule has 1 heterocycles. The summed E-state index contributed by atoms with van der Waals surface area (Å²) in [6.45, 7) is 11.1. The number of rotatable bonds is 7. The van der Waals surface area contributed by atoms with Crippen molar-refractivity contribution in [3.8, 4) is 5.88 Å². The molecule has 0 aliphatic heterocycles. The SMILES string of the molecule is COc1ccc(NCC(CNC(=O)OC(C)(C)C)C(C)C)cn1. The molecule has 1 unspecified atom stereocenters. The Hall–Kier alpha value is -1.98.